The number of rotatable bonds is 11. The van der Waals surface area contributed by atoms with Gasteiger partial charge in [0.15, 0.2) is 5.12 Å². The molecule has 37 heavy (non-hydrogen) atoms. The molecule has 1 saturated heterocycles. The number of thioether (sulfide) groups is 2. The average molecular weight is 574 g/mol. The van der Waals surface area contributed by atoms with Crippen LogP contribution in [0.1, 0.15) is 31.7 Å². The molecule has 4 N–H and O–H groups in total. The number of aromatic amines is 1. The monoisotopic (exact) mass is 573 g/mol. The lowest BCUT2D eigenvalue weighted by Crippen LogP contribution is -2.37. The Balaban J connectivity index is 1.65. The van der Waals surface area contributed by atoms with Crippen LogP contribution in [-0.2, 0) is 25.0 Å². The third-order valence-electron chi connectivity index (χ3n) is 5.38. The number of benzene rings is 1. The first kappa shape index (κ1) is 29.9. The zero-order valence-corrected chi connectivity index (χ0v) is 23.3. The minimum absolute atomic E-state index is 0.0212. The molecule has 2 heterocycles. The third-order valence-corrected chi connectivity index (χ3v) is 9.73. The lowest BCUT2D eigenvalue weighted by Gasteiger charge is -2.22. The van der Waals surface area contributed by atoms with Crippen molar-refractivity contribution < 1.29 is 28.6 Å². The Morgan fingerprint density at radius 1 is 1.16 bits per heavy atom. The summed E-state index contributed by atoms with van der Waals surface area (Å²) in [6.07, 6.45) is -1.39. The van der Waals surface area contributed by atoms with Gasteiger partial charge >= 0.3 is 13.4 Å². The molecule has 0 amide bonds. The summed E-state index contributed by atoms with van der Waals surface area (Å²) in [6, 6.07) is 10.4. The molecule has 204 valence electrons. The van der Waals surface area contributed by atoms with E-state index in [4.69, 9.17) is 9.05 Å². The molecule has 5 atom stereocenters. The molecule has 0 bridgehead atoms. The largest absolute Gasteiger partial charge is 0.405 e. The number of hydrogen-bond acceptors (Lipinski definition) is 10. The molecule has 1 fully saturated rings. The third kappa shape index (κ3) is 8.39. The summed E-state index contributed by atoms with van der Waals surface area (Å²) >= 11 is 2.13. The molecule has 1 aromatic heterocycles. The van der Waals surface area contributed by atoms with Gasteiger partial charge in [0.1, 0.15) is 11.5 Å². The van der Waals surface area contributed by atoms with Gasteiger partial charge in [0, 0.05) is 30.0 Å². The van der Waals surface area contributed by atoms with E-state index in [1.54, 1.807) is 0 Å². The highest BCUT2D eigenvalue weighted by Gasteiger charge is 2.44. The smallest absolute Gasteiger partial charge is 0.389 e. The predicted octanol–water partition coefficient (Wildman–Crippen LogP) is 2.11. The standard InChI is InChI=1S/C23H32N3O8PS2/c1-23(2,3)21(30)36-12-11-33-35(32,24-13-15-7-5-4-6-8-15)34-14-16-18(28)19(29)20(37-16)26-10-9-17(27)25-22(26)31/h4-10,16,18-20,28-29H,11-14H2,1-3H3,(H,24,32)(H,25,27,31)/t16-,18-,19-,20-,35-/m1/s1. The van der Waals surface area contributed by atoms with Crippen LogP contribution in [0.4, 0.5) is 0 Å². The SMILES string of the molecule is CC(C)(C)C(=O)SCCO[P@](=O)(NCc1ccccc1)OC[C@H]1S[C@@H](n2ccc(=O)[nH]c2=O)[C@H](O)[C@@H]1O. The maximum absolute atomic E-state index is 13.5. The van der Waals surface area contributed by atoms with Gasteiger partial charge in [0.25, 0.3) is 5.56 Å². The van der Waals surface area contributed by atoms with Crippen LogP contribution >= 0.6 is 31.3 Å². The lowest BCUT2D eigenvalue weighted by atomic mass is 10.00. The van der Waals surface area contributed by atoms with Gasteiger partial charge in [-0.15, -0.1) is 11.8 Å². The molecule has 11 nitrogen and oxygen atoms in total. The fourth-order valence-electron chi connectivity index (χ4n) is 3.32. The summed E-state index contributed by atoms with van der Waals surface area (Å²) in [6.45, 7) is 5.34. The van der Waals surface area contributed by atoms with Crippen LogP contribution in [0, 0.1) is 5.41 Å². The highest BCUT2D eigenvalue weighted by atomic mass is 32.2. The van der Waals surface area contributed by atoms with Crippen LogP contribution in [0.2, 0.25) is 0 Å². The van der Waals surface area contributed by atoms with Gasteiger partial charge < -0.3 is 10.2 Å². The molecule has 0 aliphatic carbocycles. The molecular formula is C23H32N3O8PS2. The molecule has 1 aliphatic rings. The maximum Gasteiger partial charge on any atom is 0.405 e. The number of aliphatic hydroxyl groups is 2. The van der Waals surface area contributed by atoms with Crippen LogP contribution in [-0.4, -0.2) is 61.3 Å². The average Bonchev–Trinajstić information content (AvgIpc) is 3.13. The van der Waals surface area contributed by atoms with Gasteiger partial charge in [0.2, 0.25) is 0 Å². The van der Waals surface area contributed by atoms with E-state index in [9.17, 15) is 29.2 Å². The minimum Gasteiger partial charge on any atom is -0.389 e. The number of carbonyl (C=O) groups is 1. The van der Waals surface area contributed by atoms with E-state index in [0.29, 0.717) is 0 Å². The van der Waals surface area contributed by atoms with E-state index < -0.39 is 47.2 Å². The summed E-state index contributed by atoms with van der Waals surface area (Å²) < 4.78 is 25.9. The highest BCUT2D eigenvalue weighted by Crippen LogP contribution is 2.48. The summed E-state index contributed by atoms with van der Waals surface area (Å²) in [7, 11) is -3.89. The highest BCUT2D eigenvalue weighted by molar-refractivity contribution is 8.13. The van der Waals surface area contributed by atoms with Crippen molar-refractivity contribution in [3.63, 3.8) is 0 Å². The van der Waals surface area contributed by atoms with Crippen molar-refractivity contribution >= 4 is 36.4 Å². The fraction of sp³-hybridized carbons (Fsp3) is 0.522. The van der Waals surface area contributed by atoms with Gasteiger partial charge in [-0.1, -0.05) is 62.9 Å². The van der Waals surface area contributed by atoms with E-state index in [2.05, 4.69) is 10.1 Å². The number of aromatic nitrogens is 2. The molecule has 0 saturated carbocycles. The second kappa shape index (κ2) is 12.9. The fourth-order valence-corrected chi connectivity index (χ4v) is 7.09. The maximum atomic E-state index is 13.5. The normalized spacial score (nSPS) is 23.6. The van der Waals surface area contributed by atoms with Gasteiger partial charge in [-0.3, -0.25) is 28.2 Å². The van der Waals surface area contributed by atoms with Gasteiger partial charge in [-0.25, -0.2) is 14.4 Å². The van der Waals surface area contributed by atoms with Crippen molar-refractivity contribution in [2.45, 2.75) is 50.1 Å². The zero-order valence-electron chi connectivity index (χ0n) is 20.7. The Morgan fingerprint density at radius 3 is 2.51 bits per heavy atom. The zero-order chi connectivity index (χ0) is 27.2. The van der Waals surface area contributed by atoms with Crippen molar-refractivity contribution in [2.75, 3.05) is 19.0 Å². The number of nitrogens with zero attached hydrogens (tertiary/aromatic N) is 1. The molecule has 2 aromatic rings. The lowest BCUT2D eigenvalue weighted by molar-refractivity contribution is -0.117. The minimum atomic E-state index is -3.89. The Bertz CT molecular complexity index is 1220. The first-order valence-electron chi connectivity index (χ1n) is 11.6. The second-order valence-electron chi connectivity index (χ2n) is 9.40. The quantitative estimate of drug-likeness (QED) is 0.230. The number of carbonyl (C=O) groups excluding carboxylic acids is 1. The second-order valence-corrected chi connectivity index (χ2v) is 13.7. The molecule has 3 rings (SSSR count). The summed E-state index contributed by atoms with van der Waals surface area (Å²) in [5.41, 5.74) is -0.977. The molecule has 14 heteroatoms. The molecular weight excluding hydrogens is 541 g/mol. The van der Waals surface area contributed by atoms with E-state index in [0.717, 1.165) is 39.7 Å². The van der Waals surface area contributed by atoms with Crippen molar-refractivity contribution in [2.24, 2.45) is 5.41 Å². The Labute approximate surface area is 222 Å². The number of hydrogen-bond donors (Lipinski definition) is 4. The Hall–Kier alpha value is -1.70. The van der Waals surface area contributed by atoms with Crippen molar-refractivity contribution in [3.05, 3.63) is 69.0 Å². The first-order chi connectivity index (χ1) is 17.4. The number of H-pyrrole nitrogens is 1. The topological polar surface area (TPSA) is 160 Å². The number of aliphatic hydroxyl groups excluding tert-OH is 2. The Morgan fingerprint density at radius 2 is 1.86 bits per heavy atom. The van der Waals surface area contributed by atoms with Crippen LogP contribution in [0.15, 0.2) is 52.2 Å². The van der Waals surface area contributed by atoms with E-state index in [1.165, 1.54) is 6.20 Å². The summed E-state index contributed by atoms with van der Waals surface area (Å²) in [4.78, 5) is 37.8. The van der Waals surface area contributed by atoms with Crippen molar-refractivity contribution in [1.82, 2.24) is 14.6 Å². The van der Waals surface area contributed by atoms with Gasteiger partial charge in [-0.2, -0.15) is 0 Å². The van der Waals surface area contributed by atoms with Crippen LogP contribution in [0.25, 0.3) is 0 Å². The summed E-state index contributed by atoms with van der Waals surface area (Å²) in [5.74, 6) is 0.271. The van der Waals surface area contributed by atoms with E-state index >= 15 is 0 Å². The summed E-state index contributed by atoms with van der Waals surface area (Å²) in [5, 5.41) is 22.2. The predicted molar refractivity (Wildman–Crippen MR) is 143 cm³/mol. The van der Waals surface area contributed by atoms with Crippen molar-refractivity contribution in [1.29, 1.82) is 0 Å². The molecule has 0 radical (unpaired) electrons. The van der Waals surface area contributed by atoms with Gasteiger partial charge in [0.05, 0.1) is 24.6 Å². The molecule has 0 unspecified atom stereocenters. The molecule has 0 spiro atoms. The number of nitrogens with one attached hydrogen (secondary N) is 2. The molecule has 1 aliphatic heterocycles. The van der Waals surface area contributed by atoms with Crippen LogP contribution in [0.5, 0.6) is 0 Å². The van der Waals surface area contributed by atoms with Crippen LogP contribution in [0.3, 0.4) is 0 Å². The Kier molecular flexibility index (Phi) is 10.4. The van der Waals surface area contributed by atoms with Crippen molar-refractivity contribution in [3.8, 4) is 0 Å². The van der Waals surface area contributed by atoms with E-state index in [1.807, 2.05) is 51.1 Å². The first-order valence-corrected chi connectivity index (χ1v) is 15.1. The van der Waals surface area contributed by atoms with Crippen LogP contribution < -0.4 is 16.3 Å². The van der Waals surface area contributed by atoms with E-state index in [-0.39, 0.29) is 30.6 Å². The van der Waals surface area contributed by atoms with Gasteiger partial charge in [-0.05, 0) is 5.56 Å². The molecule has 1 aromatic carbocycles.